The van der Waals surface area contributed by atoms with Gasteiger partial charge in [-0.2, -0.15) is 0 Å². The van der Waals surface area contributed by atoms with E-state index in [1.807, 2.05) is 12.1 Å². The molecule has 26 heavy (non-hydrogen) atoms. The Hall–Kier alpha value is -1.73. The van der Waals surface area contributed by atoms with Crippen LogP contribution in [0.4, 0.5) is 0 Å². The molecule has 0 bridgehead atoms. The molecule has 0 aromatic heterocycles. The summed E-state index contributed by atoms with van der Waals surface area (Å²) >= 11 is 3.33. The summed E-state index contributed by atoms with van der Waals surface area (Å²) in [6.45, 7) is 3.09. The first-order valence-electron chi connectivity index (χ1n) is 9.03. The number of rotatable bonds is 9. The Morgan fingerprint density at radius 3 is 2.62 bits per heavy atom. The first kappa shape index (κ1) is 20.6. The third-order valence-electron chi connectivity index (χ3n) is 4.63. The van der Waals surface area contributed by atoms with Crippen LogP contribution in [-0.4, -0.2) is 48.7 Å². The number of hydrogen-bond donors (Lipinski definition) is 2. The van der Waals surface area contributed by atoms with Gasteiger partial charge in [-0.15, -0.1) is 0 Å². The lowest BCUT2D eigenvalue weighted by Crippen LogP contribution is -2.42. The average Bonchev–Trinajstić information content (AvgIpc) is 2.64. The van der Waals surface area contributed by atoms with Crippen molar-refractivity contribution < 1.29 is 14.4 Å². The van der Waals surface area contributed by atoms with Gasteiger partial charge in [0.15, 0.2) is 5.78 Å². The van der Waals surface area contributed by atoms with E-state index in [-0.39, 0.29) is 36.4 Å². The van der Waals surface area contributed by atoms with Crippen LogP contribution >= 0.6 is 15.9 Å². The number of likely N-dealkylation sites (tertiary alicyclic amines) is 1. The smallest absolute Gasteiger partial charge is 0.221 e. The Labute approximate surface area is 162 Å². The molecule has 6 nitrogen and oxygen atoms in total. The molecule has 0 saturated carbocycles. The summed E-state index contributed by atoms with van der Waals surface area (Å²) in [5.74, 6) is -0.413. The van der Waals surface area contributed by atoms with Crippen LogP contribution in [0.25, 0.3) is 0 Å². The van der Waals surface area contributed by atoms with Crippen LogP contribution in [0.15, 0.2) is 28.7 Å². The Kier molecular flexibility index (Phi) is 8.25. The van der Waals surface area contributed by atoms with Crippen molar-refractivity contribution in [3.8, 4) is 0 Å². The van der Waals surface area contributed by atoms with Gasteiger partial charge in [0.2, 0.25) is 11.8 Å². The minimum atomic E-state index is -0.224. The SMILES string of the molecule is NC(=O)C1CCCN(CCCNC(=O)CCC(=O)c2ccc(Br)cc2)C1. The fraction of sp³-hybridized carbons (Fsp3) is 0.526. The second-order valence-corrected chi connectivity index (χ2v) is 7.59. The molecule has 1 fully saturated rings. The lowest BCUT2D eigenvalue weighted by molar-refractivity contribution is -0.123. The molecule has 1 unspecified atom stereocenters. The number of ketones is 1. The van der Waals surface area contributed by atoms with Gasteiger partial charge >= 0.3 is 0 Å². The maximum Gasteiger partial charge on any atom is 0.221 e. The predicted molar refractivity (Wildman–Crippen MR) is 104 cm³/mol. The van der Waals surface area contributed by atoms with E-state index < -0.39 is 0 Å². The summed E-state index contributed by atoms with van der Waals surface area (Å²) in [7, 11) is 0. The highest BCUT2D eigenvalue weighted by Crippen LogP contribution is 2.16. The van der Waals surface area contributed by atoms with E-state index >= 15 is 0 Å². The molecule has 1 aliphatic rings. The van der Waals surface area contributed by atoms with Crippen LogP contribution in [0.1, 0.15) is 42.5 Å². The number of nitrogens with two attached hydrogens (primary N) is 1. The van der Waals surface area contributed by atoms with Gasteiger partial charge in [0.25, 0.3) is 0 Å². The normalized spacial score (nSPS) is 17.7. The van der Waals surface area contributed by atoms with E-state index in [9.17, 15) is 14.4 Å². The van der Waals surface area contributed by atoms with Crippen LogP contribution in [0.2, 0.25) is 0 Å². The number of Topliss-reactive ketones (excluding diaryl/α,β-unsaturated/α-hetero) is 1. The fourth-order valence-electron chi connectivity index (χ4n) is 3.12. The Balaban J connectivity index is 1.59. The molecule has 1 aromatic carbocycles. The van der Waals surface area contributed by atoms with E-state index in [0.29, 0.717) is 18.7 Å². The summed E-state index contributed by atoms with van der Waals surface area (Å²) in [6.07, 6.45) is 3.08. The van der Waals surface area contributed by atoms with Crippen molar-refractivity contribution in [1.82, 2.24) is 10.2 Å². The van der Waals surface area contributed by atoms with Crippen LogP contribution in [0, 0.1) is 5.92 Å². The molecule has 1 saturated heterocycles. The van der Waals surface area contributed by atoms with Crippen LogP contribution in [0.5, 0.6) is 0 Å². The van der Waals surface area contributed by atoms with Gasteiger partial charge in [0.05, 0.1) is 5.92 Å². The van der Waals surface area contributed by atoms with E-state index in [0.717, 1.165) is 36.8 Å². The van der Waals surface area contributed by atoms with E-state index in [1.165, 1.54) is 0 Å². The highest BCUT2D eigenvalue weighted by Gasteiger charge is 2.23. The standard InChI is InChI=1S/C19H26BrN3O3/c20-16-6-4-14(5-7-16)17(24)8-9-18(25)22-10-2-12-23-11-1-3-15(13-23)19(21)26/h4-7,15H,1-3,8-13H2,(H2,21,26)(H,22,25). The molecule has 2 amide bonds. The molecule has 7 heteroatoms. The molecule has 1 aromatic rings. The summed E-state index contributed by atoms with van der Waals surface area (Å²) in [5.41, 5.74) is 6.00. The topological polar surface area (TPSA) is 92.5 Å². The molecule has 0 radical (unpaired) electrons. The number of nitrogens with one attached hydrogen (secondary N) is 1. The number of halogens is 1. The Morgan fingerprint density at radius 2 is 1.92 bits per heavy atom. The zero-order valence-electron chi connectivity index (χ0n) is 14.9. The van der Waals surface area contributed by atoms with Crippen molar-refractivity contribution in [2.45, 2.75) is 32.1 Å². The Bertz CT molecular complexity index is 633. The van der Waals surface area contributed by atoms with Gasteiger partial charge in [0.1, 0.15) is 0 Å². The minimum Gasteiger partial charge on any atom is -0.369 e. The molecule has 0 aliphatic carbocycles. The van der Waals surface area contributed by atoms with Crippen LogP contribution in [-0.2, 0) is 9.59 Å². The molecular formula is C19H26BrN3O3. The van der Waals surface area contributed by atoms with Gasteiger partial charge in [-0.3, -0.25) is 14.4 Å². The van der Waals surface area contributed by atoms with Crippen molar-refractivity contribution in [2.75, 3.05) is 26.2 Å². The largest absolute Gasteiger partial charge is 0.369 e. The molecule has 1 atom stereocenters. The monoisotopic (exact) mass is 423 g/mol. The third kappa shape index (κ3) is 6.88. The number of carbonyl (C=O) groups is 3. The molecule has 1 aliphatic heterocycles. The zero-order chi connectivity index (χ0) is 18.9. The van der Waals surface area contributed by atoms with Crippen molar-refractivity contribution in [3.63, 3.8) is 0 Å². The van der Waals surface area contributed by atoms with Gasteiger partial charge in [-0.05, 0) is 44.5 Å². The lowest BCUT2D eigenvalue weighted by Gasteiger charge is -2.31. The average molecular weight is 424 g/mol. The Morgan fingerprint density at radius 1 is 1.19 bits per heavy atom. The molecular weight excluding hydrogens is 398 g/mol. The highest BCUT2D eigenvalue weighted by atomic mass is 79.9. The number of hydrogen-bond acceptors (Lipinski definition) is 4. The number of carbonyl (C=O) groups excluding carboxylic acids is 3. The fourth-order valence-corrected chi connectivity index (χ4v) is 3.38. The maximum absolute atomic E-state index is 12.0. The van der Waals surface area contributed by atoms with Crippen LogP contribution < -0.4 is 11.1 Å². The quantitative estimate of drug-likeness (QED) is 0.469. The highest BCUT2D eigenvalue weighted by molar-refractivity contribution is 9.10. The molecule has 3 N–H and O–H groups in total. The number of piperidine rings is 1. The van der Waals surface area contributed by atoms with Crippen LogP contribution in [0.3, 0.4) is 0 Å². The summed E-state index contributed by atoms with van der Waals surface area (Å²) in [5, 5.41) is 2.86. The summed E-state index contributed by atoms with van der Waals surface area (Å²) in [4.78, 5) is 37.4. The summed E-state index contributed by atoms with van der Waals surface area (Å²) in [6, 6.07) is 7.14. The van der Waals surface area contributed by atoms with Gasteiger partial charge in [-0.25, -0.2) is 0 Å². The predicted octanol–water partition coefficient (Wildman–Crippen LogP) is 2.12. The van der Waals surface area contributed by atoms with E-state index in [4.69, 9.17) is 5.73 Å². The number of nitrogens with zero attached hydrogens (tertiary/aromatic N) is 1. The third-order valence-corrected chi connectivity index (χ3v) is 5.16. The van der Waals surface area contributed by atoms with Gasteiger partial charge in [-0.1, -0.05) is 28.1 Å². The minimum absolute atomic E-state index is 0.0292. The number of benzene rings is 1. The lowest BCUT2D eigenvalue weighted by atomic mass is 9.97. The van der Waals surface area contributed by atoms with E-state index in [1.54, 1.807) is 12.1 Å². The van der Waals surface area contributed by atoms with Gasteiger partial charge < -0.3 is 16.0 Å². The van der Waals surface area contributed by atoms with Crippen molar-refractivity contribution in [2.24, 2.45) is 11.7 Å². The first-order valence-corrected chi connectivity index (χ1v) is 9.82. The summed E-state index contributed by atoms with van der Waals surface area (Å²) < 4.78 is 0.919. The molecule has 0 spiro atoms. The number of amides is 2. The van der Waals surface area contributed by atoms with Crippen molar-refractivity contribution in [1.29, 1.82) is 0 Å². The van der Waals surface area contributed by atoms with Crippen molar-refractivity contribution in [3.05, 3.63) is 34.3 Å². The van der Waals surface area contributed by atoms with E-state index in [2.05, 4.69) is 26.1 Å². The van der Waals surface area contributed by atoms with Gasteiger partial charge in [0, 0.05) is 36.0 Å². The zero-order valence-corrected chi connectivity index (χ0v) is 16.5. The second kappa shape index (κ2) is 10.4. The van der Waals surface area contributed by atoms with Crippen molar-refractivity contribution >= 4 is 33.5 Å². The number of primary amides is 1. The molecule has 1 heterocycles. The first-order chi connectivity index (χ1) is 12.5. The molecule has 2 rings (SSSR count). The second-order valence-electron chi connectivity index (χ2n) is 6.68. The maximum atomic E-state index is 12.0. The molecule has 142 valence electrons.